The molecular weight excluding hydrogens is 390 g/mol. The van der Waals surface area contributed by atoms with E-state index >= 15 is 0 Å². The highest BCUT2D eigenvalue weighted by Crippen LogP contribution is 2.34. The van der Waals surface area contributed by atoms with E-state index in [1.54, 1.807) is 0 Å². The van der Waals surface area contributed by atoms with Crippen LogP contribution in [0.5, 0.6) is 0 Å². The number of carbonyl (C=O) groups is 1. The first kappa shape index (κ1) is 19.5. The van der Waals surface area contributed by atoms with Crippen molar-refractivity contribution in [2.45, 2.75) is 45.7 Å². The second-order valence-electron chi connectivity index (χ2n) is 8.03. The molecular formula is C24H25N5O2. The lowest BCUT2D eigenvalue weighted by atomic mass is 9.99. The van der Waals surface area contributed by atoms with Gasteiger partial charge < -0.3 is 9.42 Å². The standard InChI is InChI=1S/C24H25N5O2/c1-3-28-14-12-19(26-28)20-15-18(24(30)29-13-8-7-9-16(29)2)21-22(27-31-23(21)25-20)17-10-5-4-6-11-17/h4-6,10-12,14-16H,3,7-9,13H2,1-2H3/t16-/m1/s1. The number of nitrogens with zero attached hydrogens (tertiary/aromatic N) is 5. The minimum atomic E-state index is -0.00356. The second-order valence-corrected chi connectivity index (χ2v) is 8.03. The number of rotatable bonds is 4. The predicted octanol–water partition coefficient (Wildman–Crippen LogP) is 4.79. The molecule has 1 aliphatic rings. The van der Waals surface area contributed by atoms with E-state index in [0.29, 0.717) is 33.7 Å². The van der Waals surface area contributed by atoms with Crippen LogP contribution in [0.3, 0.4) is 0 Å². The van der Waals surface area contributed by atoms with Crippen LogP contribution in [0.2, 0.25) is 0 Å². The average molecular weight is 415 g/mol. The van der Waals surface area contributed by atoms with Gasteiger partial charge in [-0.3, -0.25) is 9.48 Å². The van der Waals surface area contributed by atoms with Gasteiger partial charge in [-0.2, -0.15) is 5.10 Å². The molecule has 3 aromatic heterocycles. The van der Waals surface area contributed by atoms with Gasteiger partial charge in [0, 0.05) is 30.9 Å². The molecule has 0 bridgehead atoms. The number of benzene rings is 1. The van der Waals surface area contributed by atoms with Gasteiger partial charge in [-0.1, -0.05) is 35.5 Å². The van der Waals surface area contributed by atoms with Gasteiger partial charge in [-0.25, -0.2) is 4.98 Å². The van der Waals surface area contributed by atoms with Crippen LogP contribution in [0.1, 0.15) is 43.5 Å². The first-order valence-electron chi connectivity index (χ1n) is 10.9. The molecule has 0 saturated carbocycles. The average Bonchev–Trinajstić information content (AvgIpc) is 3.46. The molecule has 7 heteroatoms. The van der Waals surface area contributed by atoms with Gasteiger partial charge in [-0.05, 0) is 45.2 Å². The maximum Gasteiger partial charge on any atom is 0.259 e. The number of fused-ring (bicyclic) bond motifs is 1. The summed E-state index contributed by atoms with van der Waals surface area (Å²) in [5, 5.41) is 9.52. The molecule has 1 saturated heterocycles. The van der Waals surface area contributed by atoms with Gasteiger partial charge in [0.25, 0.3) is 11.6 Å². The zero-order chi connectivity index (χ0) is 21.4. The maximum atomic E-state index is 13.8. The van der Waals surface area contributed by atoms with E-state index in [2.05, 4.69) is 22.2 Å². The zero-order valence-electron chi connectivity index (χ0n) is 17.8. The Labute approximate surface area is 180 Å². The Balaban J connectivity index is 1.70. The summed E-state index contributed by atoms with van der Waals surface area (Å²) in [4.78, 5) is 20.4. The number of piperidine rings is 1. The molecule has 0 radical (unpaired) electrons. The summed E-state index contributed by atoms with van der Waals surface area (Å²) in [5.74, 6) is -0.00356. The van der Waals surface area contributed by atoms with Gasteiger partial charge in [0.1, 0.15) is 11.4 Å². The van der Waals surface area contributed by atoms with Crippen LogP contribution >= 0.6 is 0 Å². The Bertz CT molecular complexity index is 1230. The van der Waals surface area contributed by atoms with E-state index in [1.807, 2.05) is 65.2 Å². The van der Waals surface area contributed by atoms with Crippen LogP contribution in [0.4, 0.5) is 0 Å². The summed E-state index contributed by atoms with van der Waals surface area (Å²) < 4.78 is 7.48. The topological polar surface area (TPSA) is 77.0 Å². The molecule has 7 nitrogen and oxygen atoms in total. The van der Waals surface area contributed by atoms with E-state index in [0.717, 1.165) is 37.9 Å². The van der Waals surface area contributed by atoms with Crippen molar-refractivity contribution in [1.29, 1.82) is 0 Å². The molecule has 0 spiro atoms. The lowest BCUT2D eigenvalue weighted by Crippen LogP contribution is -2.42. The van der Waals surface area contributed by atoms with Crippen LogP contribution in [-0.2, 0) is 6.54 Å². The van der Waals surface area contributed by atoms with Crippen molar-refractivity contribution in [2.75, 3.05) is 6.54 Å². The number of pyridine rings is 1. The van der Waals surface area contributed by atoms with Crippen LogP contribution in [-0.4, -0.2) is 43.3 Å². The fourth-order valence-corrected chi connectivity index (χ4v) is 4.27. The summed E-state index contributed by atoms with van der Waals surface area (Å²) in [6.45, 7) is 5.67. The number of carbonyl (C=O) groups excluding carboxylic acids is 1. The third-order valence-electron chi connectivity index (χ3n) is 6.02. The minimum Gasteiger partial charge on any atom is -0.336 e. The van der Waals surface area contributed by atoms with Gasteiger partial charge in [0.15, 0.2) is 0 Å². The fourth-order valence-electron chi connectivity index (χ4n) is 4.27. The largest absolute Gasteiger partial charge is 0.336 e. The molecule has 1 aliphatic heterocycles. The van der Waals surface area contributed by atoms with Crippen LogP contribution in [0, 0.1) is 0 Å². The molecule has 0 N–H and O–H groups in total. The number of aryl methyl sites for hydroxylation is 1. The van der Waals surface area contributed by atoms with E-state index < -0.39 is 0 Å². The Morgan fingerprint density at radius 2 is 2.00 bits per heavy atom. The fraction of sp³-hybridized carbons (Fsp3) is 0.333. The summed E-state index contributed by atoms with van der Waals surface area (Å²) in [7, 11) is 0. The molecule has 1 aromatic carbocycles. The monoisotopic (exact) mass is 415 g/mol. The Morgan fingerprint density at radius 3 is 2.74 bits per heavy atom. The van der Waals surface area contributed by atoms with Crippen molar-refractivity contribution in [3.05, 3.63) is 54.2 Å². The highest BCUT2D eigenvalue weighted by atomic mass is 16.5. The van der Waals surface area contributed by atoms with Gasteiger partial charge in [0.2, 0.25) is 0 Å². The first-order valence-corrected chi connectivity index (χ1v) is 10.9. The Hall–Kier alpha value is -3.48. The smallest absolute Gasteiger partial charge is 0.259 e. The Morgan fingerprint density at radius 1 is 1.16 bits per heavy atom. The van der Waals surface area contributed by atoms with Crippen LogP contribution in [0.15, 0.2) is 53.2 Å². The molecule has 1 amide bonds. The SMILES string of the molecule is CCn1ccc(-c2cc(C(=O)N3CCCC[C@H]3C)c3c(-c4ccccc4)noc3n2)n1. The van der Waals surface area contributed by atoms with Gasteiger partial charge >= 0.3 is 0 Å². The molecule has 31 heavy (non-hydrogen) atoms. The first-order chi connectivity index (χ1) is 15.2. The molecule has 4 heterocycles. The second kappa shape index (κ2) is 7.98. The lowest BCUT2D eigenvalue weighted by molar-refractivity contribution is 0.0637. The molecule has 5 rings (SSSR count). The third-order valence-corrected chi connectivity index (χ3v) is 6.02. The molecule has 1 fully saturated rings. The summed E-state index contributed by atoms with van der Waals surface area (Å²) in [6.07, 6.45) is 5.10. The van der Waals surface area contributed by atoms with Crippen LogP contribution < -0.4 is 0 Å². The molecule has 158 valence electrons. The molecule has 0 aliphatic carbocycles. The van der Waals surface area contributed by atoms with Crippen molar-refractivity contribution >= 4 is 17.0 Å². The van der Waals surface area contributed by atoms with Crippen molar-refractivity contribution in [3.63, 3.8) is 0 Å². The zero-order valence-corrected chi connectivity index (χ0v) is 17.8. The van der Waals surface area contributed by atoms with Crippen LogP contribution in [0.25, 0.3) is 33.7 Å². The highest BCUT2D eigenvalue weighted by Gasteiger charge is 2.29. The van der Waals surface area contributed by atoms with Crippen molar-refractivity contribution in [2.24, 2.45) is 0 Å². The molecule has 1 atom stereocenters. The van der Waals surface area contributed by atoms with E-state index in [1.165, 1.54) is 0 Å². The van der Waals surface area contributed by atoms with Gasteiger partial charge in [-0.15, -0.1) is 0 Å². The summed E-state index contributed by atoms with van der Waals surface area (Å²) in [5.41, 5.74) is 3.79. The van der Waals surface area contributed by atoms with E-state index in [4.69, 9.17) is 4.52 Å². The predicted molar refractivity (Wildman–Crippen MR) is 118 cm³/mol. The quantitative estimate of drug-likeness (QED) is 0.479. The molecule has 0 unspecified atom stereocenters. The third kappa shape index (κ3) is 3.50. The summed E-state index contributed by atoms with van der Waals surface area (Å²) in [6, 6.07) is 13.7. The minimum absolute atomic E-state index is 0.00356. The van der Waals surface area contributed by atoms with E-state index in [-0.39, 0.29) is 11.9 Å². The maximum absolute atomic E-state index is 13.8. The lowest BCUT2D eigenvalue weighted by Gasteiger charge is -2.33. The highest BCUT2D eigenvalue weighted by molar-refractivity contribution is 6.10. The van der Waals surface area contributed by atoms with Crippen molar-refractivity contribution in [1.82, 2.24) is 24.8 Å². The van der Waals surface area contributed by atoms with Crippen molar-refractivity contribution in [3.8, 4) is 22.6 Å². The summed E-state index contributed by atoms with van der Waals surface area (Å²) >= 11 is 0. The number of likely N-dealkylation sites (tertiary alicyclic amines) is 1. The molecule has 4 aromatic rings. The normalized spacial score (nSPS) is 16.7. The number of hydrogen-bond donors (Lipinski definition) is 0. The van der Waals surface area contributed by atoms with Crippen molar-refractivity contribution < 1.29 is 9.32 Å². The van der Waals surface area contributed by atoms with E-state index in [9.17, 15) is 4.79 Å². The number of aromatic nitrogens is 4. The number of hydrogen-bond acceptors (Lipinski definition) is 5. The number of amides is 1. The Kier molecular flexibility index (Phi) is 5.02. The van der Waals surface area contributed by atoms with Gasteiger partial charge in [0.05, 0.1) is 16.6 Å².